The summed E-state index contributed by atoms with van der Waals surface area (Å²) in [4.78, 5) is 27.4. The SMILES string of the molecule is C[C@H]1CN(c2ccc3c(O)c(C(=O)NCc4ccc(C#N)nc4)ncc3n2)CCN1. The van der Waals surface area contributed by atoms with Crippen LogP contribution in [0, 0.1) is 11.3 Å². The lowest BCUT2D eigenvalue weighted by Crippen LogP contribution is -2.49. The number of hydrogen-bond acceptors (Lipinski definition) is 8. The fourth-order valence-electron chi connectivity index (χ4n) is 3.42. The Bertz CT molecular complexity index is 1120. The van der Waals surface area contributed by atoms with Crippen molar-refractivity contribution in [2.75, 3.05) is 24.5 Å². The van der Waals surface area contributed by atoms with E-state index in [1.165, 1.54) is 12.4 Å². The maximum absolute atomic E-state index is 12.5. The first-order valence-corrected chi connectivity index (χ1v) is 9.65. The van der Waals surface area contributed by atoms with Gasteiger partial charge in [-0.2, -0.15) is 5.26 Å². The summed E-state index contributed by atoms with van der Waals surface area (Å²) in [7, 11) is 0. The summed E-state index contributed by atoms with van der Waals surface area (Å²) in [5.74, 6) is 0.122. The van der Waals surface area contributed by atoms with Crippen molar-refractivity contribution in [3.8, 4) is 11.8 Å². The van der Waals surface area contributed by atoms with E-state index in [2.05, 4.69) is 37.4 Å². The second-order valence-electron chi connectivity index (χ2n) is 7.21. The van der Waals surface area contributed by atoms with Gasteiger partial charge in [-0.1, -0.05) is 6.07 Å². The number of piperazine rings is 1. The number of anilines is 1. The van der Waals surface area contributed by atoms with E-state index >= 15 is 0 Å². The first-order chi connectivity index (χ1) is 14.5. The average molecular weight is 403 g/mol. The smallest absolute Gasteiger partial charge is 0.274 e. The van der Waals surface area contributed by atoms with Crippen molar-refractivity contribution in [1.82, 2.24) is 25.6 Å². The van der Waals surface area contributed by atoms with Crippen LogP contribution < -0.4 is 15.5 Å². The van der Waals surface area contributed by atoms with Crippen LogP contribution in [-0.4, -0.2) is 51.6 Å². The molecule has 0 saturated carbocycles. The molecular weight excluding hydrogens is 382 g/mol. The molecule has 3 aromatic heterocycles. The van der Waals surface area contributed by atoms with E-state index in [-0.39, 0.29) is 18.0 Å². The van der Waals surface area contributed by atoms with Gasteiger partial charge in [-0.25, -0.2) is 15.0 Å². The van der Waals surface area contributed by atoms with Crippen molar-refractivity contribution in [3.63, 3.8) is 0 Å². The quantitative estimate of drug-likeness (QED) is 0.595. The number of carbonyl (C=O) groups excluding carboxylic acids is 1. The van der Waals surface area contributed by atoms with Crippen LogP contribution in [0.25, 0.3) is 10.9 Å². The van der Waals surface area contributed by atoms with E-state index in [0.29, 0.717) is 22.6 Å². The molecular formula is C21H21N7O2. The van der Waals surface area contributed by atoms with E-state index < -0.39 is 5.91 Å². The lowest BCUT2D eigenvalue weighted by molar-refractivity contribution is 0.0943. The molecule has 0 spiro atoms. The molecule has 0 aliphatic carbocycles. The van der Waals surface area contributed by atoms with Crippen LogP contribution in [0.15, 0.2) is 36.7 Å². The molecule has 4 rings (SSSR count). The molecule has 1 atom stereocenters. The van der Waals surface area contributed by atoms with Gasteiger partial charge in [-0.3, -0.25) is 4.79 Å². The molecule has 0 unspecified atom stereocenters. The van der Waals surface area contributed by atoms with Crippen molar-refractivity contribution in [1.29, 1.82) is 5.26 Å². The lowest BCUT2D eigenvalue weighted by atomic mass is 10.1. The topological polar surface area (TPSA) is 127 Å². The van der Waals surface area contributed by atoms with E-state index in [9.17, 15) is 9.90 Å². The number of nitrogens with one attached hydrogen (secondary N) is 2. The zero-order chi connectivity index (χ0) is 21.1. The Balaban J connectivity index is 1.51. The number of aromatic hydroxyl groups is 1. The molecule has 0 bridgehead atoms. The summed E-state index contributed by atoms with van der Waals surface area (Å²) < 4.78 is 0. The number of fused-ring (bicyclic) bond motifs is 1. The Labute approximate surface area is 173 Å². The Morgan fingerprint density at radius 3 is 2.93 bits per heavy atom. The Morgan fingerprint density at radius 1 is 1.33 bits per heavy atom. The van der Waals surface area contributed by atoms with Crippen LogP contribution >= 0.6 is 0 Å². The van der Waals surface area contributed by atoms with Crippen LogP contribution in [-0.2, 0) is 6.54 Å². The minimum absolute atomic E-state index is 0.0607. The molecule has 152 valence electrons. The molecule has 1 amide bonds. The number of pyridine rings is 3. The molecule has 0 aromatic carbocycles. The molecule has 1 aliphatic rings. The Kier molecular flexibility index (Phi) is 5.41. The molecule has 0 radical (unpaired) electrons. The van der Waals surface area contributed by atoms with E-state index in [0.717, 1.165) is 31.0 Å². The molecule has 9 nitrogen and oxygen atoms in total. The van der Waals surface area contributed by atoms with Crippen molar-refractivity contribution >= 4 is 22.6 Å². The van der Waals surface area contributed by atoms with E-state index in [1.54, 1.807) is 18.2 Å². The largest absolute Gasteiger partial charge is 0.505 e. The van der Waals surface area contributed by atoms with Gasteiger partial charge in [0.2, 0.25) is 0 Å². The molecule has 3 aromatic rings. The van der Waals surface area contributed by atoms with E-state index in [4.69, 9.17) is 5.26 Å². The summed E-state index contributed by atoms with van der Waals surface area (Å²) in [6.07, 6.45) is 3.03. The van der Waals surface area contributed by atoms with Gasteiger partial charge in [-0.05, 0) is 30.7 Å². The maximum Gasteiger partial charge on any atom is 0.274 e. The number of amides is 1. The van der Waals surface area contributed by atoms with Crippen LogP contribution in [0.1, 0.15) is 28.7 Å². The van der Waals surface area contributed by atoms with Gasteiger partial charge in [-0.15, -0.1) is 0 Å². The fraction of sp³-hybridized carbons (Fsp3) is 0.286. The molecule has 4 heterocycles. The summed E-state index contributed by atoms with van der Waals surface area (Å²) in [5.41, 5.74) is 1.51. The van der Waals surface area contributed by atoms with Gasteiger partial charge in [0.05, 0.1) is 11.7 Å². The van der Waals surface area contributed by atoms with Gasteiger partial charge in [0, 0.05) is 43.8 Å². The molecule has 30 heavy (non-hydrogen) atoms. The van der Waals surface area contributed by atoms with Gasteiger partial charge in [0.25, 0.3) is 5.91 Å². The van der Waals surface area contributed by atoms with Crippen LogP contribution in [0.5, 0.6) is 5.75 Å². The third kappa shape index (κ3) is 3.99. The maximum atomic E-state index is 12.5. The standard InChI is InChI=1S/C21H21N7O2/c1-13-12-28(7-6-23-13)18-5-4-16-17(27-18)11-25-19(20(16)29)21(30)26-10-14-2-3-15(8-22)24-9-14/h2-5,9,11,13,23,29H,6-7,10,12H2,1H3,(H,26,30)/t13-/m0/s1. The number of hydrogen-bond donors (Lipinski definition) is 3. The third-order valence-electron chi connectivity index (χ3n) is 5.01. The molecule has 1 fully saturated rings. The normalized spacial score (nSPS) is 16.3. The highest BCUT2D eigenvalue weighted by atomic mass is 16.3. The minimum Gasteiger partial charge on any atom is -0.505 e. The zero-order valence-electron chi connectivity index (χ0n) is 16.5. The van der Waals surface area contributed by atoms with Crippen molar-refractivity contribution in [2.24, 2.45) is 0 Å². The highest BCUT2D eigenvalue weighted by molar-refractivity contribution is 6.00. The predicted octanol–water partition coefficient (Wildman–Crippen LogP) is 1.33. The summed E-state index contributed by atoms with van der Waals surface area (Å²) in [6, 6.07) is 9.23. The first-order valence-electron chi connectivity index (χ1n) is 9.65. The fourth-order valence-corrected chi connectivity index (χ4v) is 3.42. The zero-order valence-corrected chi connectivity index (χ0v) is 16.5. The third-order valence-corrected chi connectivity index (χ3v) is 5.01. The van der Waals surface area contributed by atoms with Crippen molar-refractivity contribution in [2.45, 2.75) is 19.5 Å². The first kappa shape index (κ1) is 19.5. The second-order valence-corrected chi connectivity index (χ2v) is 7.21. The lowest BCUT2D eigenvalue weighted by Gasteiger charge is -2.32. The van der Waals surface area contributed by atoms with Gasteiger partial charge < -0.3 is 20.6 Å². The number of rotatable bonds is 4. The number of nitriles is 1. The second kappa shape index (κ2) is 8.31. The highest BCUT2D eigenvalue weighted by Gasteiger charge is 2.20. The molecule has 3 N–H and O–H groups in total. The van der Waals surface area contributed by atoms with Crippen molar-refractivity contribution in [3.05, 3.63) is 53.6 Å². The number of carbonyl (C=O) groups is 1. The Morgan fingerprint density at radius 2 is 2.20 bits per heavy atom. The molecule has 1 saturated heterocycles. The molecule has 9 heteroatoms. The predicted molar refractivity (Wildman–Crippen MR) is 111 cm³/mol. The summed E-state index contributed by atoms with van der Waals surface area (Å²) in [6.45, 7) is 4.92. The van der Waals surface area contributed by atoms with Gasteiger partial charge in [0.1, 0.15) is 17.6 Å². The monoisotopic (exact) mass is 403 g/mol. The van der Waals surface area contributed by atoms with Crippen molar-refractivity contribution < 1.29 is 9.90 Å². The van der Waals surface area contributed by atoms with E-state index in [1.807, 2.05) is 12.1 Å². The average Bonchev–Trinajstić information content (AvgIpc) is 2.78. The van der Waals surface area contributed by atoms with Gasteiger partial charge >= 0.3 is 0 Å². The van der Waals surface area contributed by atoms with Crippen LogP contribution in [0.3, 0.4) is 0 Å². The number of nitrogens with zero attached hydrogens (tertiary/aromatic N) is 5. The van der Waals surface area contributed by atoms with Gasteiger partial charge in [0.15, 0.2) is 11.4 Å². The summed E-state index contributed by atoms with van der Waals surface area (Å²) >= 11 is 0. The molecule has 1 aliphatic heterocycles. The summed E-state index contributed by atoms with van der Waals surface area (Å²) in [5, 5.41) is 26.0. The highest BCUT2D eigenvalue weighted by Crippen LogP contribution is 2.28. The van der Waals surface area contributed by atoms with Crippen LogP contribution in [0.2, 0.25) is 0 Å². The van der Waals surface area contributed by atoms with Crippen LogP contribution in [0.4, 0.5) is 5.82 Å². The minimum atomic E-state index is -0.501. The number of aromatic nitrogens is 3. The Hall–Kier alpha value is -3.77.